The number of nitrogens with two attached hydrogens (primary N) is 1. The fourth-order valence-electron chi connectivity index (χ4n) is 5.89. The molecule has 43 heavy (non-hydrogen) atoms. The van der Waals surface area contributed by atoms with Gasteiger partial charge in [-0.15, -0.1) is 0 Å². The molecule has 0 saturated carbocycles. The monoisotopic (exact) mass is 605 g/mol. The van der Waals surface area contributed by atoms with Gasteiger partial charge in [0.1, 0.15) is 11.9 Å². The van der Waals surface area contributed by atoms with Crippen molar-refractivity contribution in [1.82, 2.24) is 20.3 Å². The number of piperidine rings is 2. The highest BCUT2D eigenvalue weighted by Gasteiger charge is 2.46. The minimum atomic E-state index is -4.90. The van der Waals surface area contributed by atoms with Crippen molar-refractivity contribution >= 4 is 29.4 Å². The summed E-state index contributed by atoms with van der Waals surface area (Å²) in [5.41, 5.74) is 5.38. The van der Waals surface area contributed by atoms with Crippen molar-refractivity contribution in [2.45, 2.75) is 57.0 Å². The SMILES string of the molecule is CC1C=CN(c2cc(C(=O)O)ccc2C(Oc2cc(N3CCC4(CCC(C(=O)O)NC4)CC3)nc(N)n2)C(F)(F)F)N1C. The van der Waals surface area contributed by atoms with E-state index in [9.17, 15) is 33.0 Å². The quantitative estimate of drug-likeness (QED) is 0.365. The predicted molar refractivity (Wildman–Crippen MR) is 151 cm³/mol. The fourth-order valence-corrected chi connectivity index (χ4v) is 5.89. The lowest BCUT2D eigenvalue weighted by molar-refractivity contribution is -0.198. The molecule has 2 aromatic rings. The highest BCUT2D eigenvalue weighted by Crippen LogP contribution is 2.43. The minimum Gasteiger partial charge on any atom is -0.480 e. The number of nitrogens with zero attached hydrogens (tertiary/aromatic N) is 5. The smallest absolute Gasteiger partial charge is 0.429 e. The summed E-state index contributed by atoms with van der Waals surface area (Å²) in [5, 5.41) is 25.0. The number of carbonyl (C=O) groups is 2. The van der Waals surface area contributed by atoms with Gasteiger partial charge in [-0.25, -0.2) is 9.80 Å². The van der Waals surface area contributed by atoms with E-state index in [2.05, 4.69) is 15.3 Å². The Morgan fingerprint density at radius 2 is 1.88 bits per heavy atom. The van der Waals surface area contributed by atoms with Gasteiger partial charge in [0.15, 0.2) is 0 Å². The van der Waals surface area contributed by atoms with Crippen LogP contribution in [0.3, 0.4) is 0 Å². The first-order chi connectivity index (χ1) is 20.3. The van der Waals surface area contributed by atoms with Crippen LogP contribution in [0.5, 0.6) is 5.88 Å². The van der Waals surface area contributed by atoms with Gasteiger partial charge in [0.25, 0.3) is 0 Å². The summed E-state index contributed by atoms with van der Waals surface area (Å²) >= 11 is 0. The van der Waals surface area contributed by atoms with Crippen molar-refractivity contribution in [1.29, 1.82) is 0 Å². The topological polar surface area (TPSA) is 157 Å². The molecule has 1 aromatic heterocycles. The van der Waals surface area contributed by atoms with E-state index < -0.39 is 30.3 Å². The largest absolute Gasteiger partial charge is 0.480 e. The average Bonchev–Trinajstić information content (AvgIpc) is 3.28. The molecule has 4 heterocycles. The Labute approximate surface area is 245 Å². The molecule has 232 valence electrons. The van der Waals surface area contributed by atoms with Gasteiger partial charge in [-0.2, -0.15) is 23.1 Å². The van der Waals surface area contributed by atoms with Gasteiger partial charge in [0.05, 0.1) is 11.3 Å². The Morgan fingerprint density at radius 1 is 1.16 bits per heavy atom. The van der Waals surface area contributed by atoms with Crippen molar-refractivity contribution in [3.05, 3.63) is 47.7 Å². The van der Waals surface area contributed by atoms with E-state index in [1.54, 1.807) is 24.3 Å². The molecule has 3 atom stereocenters. The number of hydrogen-bond acceptors (Lipinski definition) is 10. The number of benzene rings is 1. The number of aliphatic carboxylic acids is 1. The summed E-state index contributed by atoms with van der Waals surface area (Å²) in [6.45, 7) is 3.52. The Kier molecular flexibility index (Phi) is 8.13. The van der Waals surface area contributed by atoms with E-state index in [1.165, 1.54) is 17.1 Å². The van der Waals surface area contributed by atoms with E-state index in [4.69, 9.17) is 10.5 Å². The number of aromatic carboxylic acids is 1. The van der Waals surface area contributed by atoms with Crippen LogP contribution in [0.15, 0.2) is 36.5 Å². The molecule has 1 aromatic carbocycles. The number of anilines is 3. The van der Waals surface area contributed by atoms with Crippen LogP contribution in [0.1, 0.15) is 54.6 Å². The Hall–Kier alpha value is -4.11. The van der Waals surface area contributed by atoms with Gasteiger partial charge in [0.2, 0.25) is 17.9 Å². The summed E-state index contributed by atoms with van der Waals surface area (Å²) in [6.07, 6.45) is -1.26. The molecule has 0 amide bonds. The summed E-state index contributed by atoms with van der Waals surface area (Å²) in [4.78, 5) is 33.1. The Bertz CT molecular complexity index is 1400. The number of aromatic nitrogens is 2. The maximum atomic E-state index is 14.6. The lowest BCUT2D eigenvalue weighted by Gasteiger charge is -2.46. The number of likely N-dealkylation sites (N-methyl/N-ethyl adjacent to an activating group) is 1. The van der Waals surface area contributed by atoms with E-state index >= 15 is 0 Å². The van der Waals surface area contributed by atoms with Crippen molar-refractivity contribution in [3.63, 3.8) is 0 Å². The molecule has 1 spiro atoms. The van der Waals surface area contributed by atoms with Crippen molar-refractivity contribution in [2.24, 2.45) is 5.41 Å². The van der Waals surface area contributed by atoms with Crippen molar-refractivity contribution in [3.8, 4) is 5.88 Å². The molecule has 15 heteroatoms. The number of hydrazine groups is 1. The van der Waals surface area contributed by atoms with Crippen LogP contribution in [-0.2, 0) is 4.79 Å². The first kappa shape index (κ1) is 30.4. The first-order valence-corrected chi connectivity index (χ1v) is 13.9. The summed E-state index contributed by atoms with van der Waals surface area (Å²) in [6, 6.07) is 4.02. The predicted octanol–water partition coefficient (Wildman–Crippen LogP) is 3.43. The van der Waals surface area contributed by atoms with Crippen molar-refractivity contribution < 1.29 is 37.7 Å². The molecule has 3 aliphatic heterocycles. The number of carboxylic acids is 2. The zero-order valence-electron chi connectivity index (χ0n) is 23.7. The molecule has 2 saturated heterocycles. The minimum absolute atomic E-state index is 0.000124. The second-order valence-corrected chi connectivity index (χ2v) is 11.3. The fraction of sp³-hybridized carbons (Fsp3) is 0.500. The second kappa shape index (κ2) is 11.5. The Balaban J connectivity index is 1.40. The summed E-state index contributed by atoms with van der Waals surface area (Å²) in [7, 11) is 1.68. The van der Waals surface area contributed by atoms with Crippen LogP contribution in [0.4, 0.5) is 30.6 Å². The lowest BCUT2D eigenvalue weighted by Crippen LogP contribution is -2.53. The molecule has 3 unspecified atom stereocenters. The Morgan fingerprint density at radius 3 is 2.44 bits per heavy atom. The van der Waals surface area contributed by atoms with Crippen LogP contribution in [0.25, 0.3) is 0 Å². The van der Waals surface area contributed by atoms with Gasteiger partial charge >= 0.3 is 18.1 Å². The zero-order valence-corrected chi connectivity index (χ0v) is 23.7. The van der Waals surface area contributed by atoms with Crippen LogP contribution in [0, 0.1) is 5.41 Å². The molecule has 12 nitrogen and oxygen atoms in total. The van der Waals surface area contributed by atoms with E-state index in [-0.39, 0.29) is 40.1 Å². The number of alkyl halides is 3. The molecule has 0 radical (unpaired) electrons. The maximum absolute atomic E-state index is 14.6. The molecule has 5 N–H and O–H groups in total. The first-order valence-electron chi connectivity index (χ1n) is 13.9. The molecule has 5 rings (SSSR count). The number of halogens is 3. The highest BCUT2D eigenvalue weighted by molar-refractivity contribution is 5.89. The van der Waals surface area contributed by atoms with Gasteiger partial charge in [0, 0.05) is 50.6 Å². The number of hydrogen-bond donors (Lipinski definition) is 4. The molecule has 0 aliphatic carbocycles. The van der Waals surface area contributed by atoms with Crippen LogP contribution in [0.2, 0.25) is 0 Å². The maximum Gasteiger partial charge on any atom is 0.429 e. The molecule has 3 aliphatic rings. The summed E-state index contributed by atoms with van der Waals surface area (Å²) in [5.74, 6) is -2.45. The van der Waals surface area contributed by atoms with Crippen molar-refractivity contribution in [2.75, 3.05) is 42.3 Å². The molecule has 2 fully saturated rings. The average molecular weight is 606 g/mol. The third kappa shape index (κ3) is 6.32. The van der Waals surface area contributed by atoms with E-state index in [0.29, 0.717) is 31.9 Å². The van der Waals surface area contributed by atoms with Crippen LogP contribution in [-0.4, -0.2) is 82.1 Å². The molecular weight excluding hydrogens is 571 g/mol. The van der Waals surface area contributed by atoms with Gasteiger partial charge in [-0.05, 0) is 56.2 Å². The number of nitrogen functional groups attached to an aromatic ring is 1. The third-order valence-corrected chi connectivity index (χ3v) is 8.62. The van der Waals surface area contributed by atoms with Crippen LogP contribution >= 0.6 is 0 Å². The van der Waals surface area contributed by atoms with E-state index in [1.807, 2.05) is 11.8 Å². The van der Waals surface area contributed by atoms with Crippen LogP contribution < -0.4 is 25.7 Å². The highest BCUT2D eigenvalue weighted by atomic mass is 19.4. The van der Waals surface area contributed by atoms with Gasteiger partial charge in [-0.1, -0.05) is 6.07 Å². The van der Waals surface area contributed by atoms with Gasteiger partial charge < -0.3 is 30.9 Å². The third-order valence-electron chi connectivity index (χ3n) is 8.62. The van der Waals surface area contributed by atoms with Gasteiger partial charge in [-0.3, -0.25) is 9.80 Å². The number of rotatable bonds is 7. The summed E-state index contributed by atoms with van der Waals surface area (Å²) < 4.78 is 49.3. The molecular formula is C28H34F3N7O5. The van der Waals surface area contributed by atoms with E-state index in [0.717, 1.165) is 31.4 Å². The lowest BCUT2D eigenvalue weighted by atomic mass is 9.72. The normalized spacial score (nSPS) is 23.0. The zero-order chi connectivity index (χ0) is 31.1. The standard InChI is InChI=1S/C28H34F3N7O5/c1-16-6-10-38(36(16)2)20-13-17(24(39)40)3-4-18(20)23(28(29,30)31)43-22-14-21(34-26(32)35-22)37-11-8-27(9-12-37)7-5-19(25(41)42)33-15-27/h3-4,6,10,13-14,16,19,23,33H,5,7-9,11-12,15H2,1-2H3,(H,39,40)(H,41,42)(H2,32,34,35). The number of nitrogens with one attached hydrogen (secondary N) is 1. The second-order valence-electron chi connectivity index (χ2n) is 11.3. The number of ether oxygens (including phenoxy) is 1. The molecule has 0 bridgehead atoms. The number of carboxylic acid groups (broad SMARTS) is 2.